The Morgan fingerprint density at radius 1 is 1.30 bits per heavy atom. The van der Waals surface area contributed by atoms with E-state index in [0.29, 0.717) is 23.9 Å². The highest BCUT2D eigenvalue weighted by atomic mass is 32.2. The molecular weight excluding hydrogens is 316 g/mol. The molecule has 23 heavy (non-hydrogen) atoms. The highest BCUT2D eigenvalue weighted by molar-refractivity contribution is 7.98. The normalized spacial score (nSPS) is 10.8. The van der Waals surface area contributed by atoms with Gasteiger partial charge in [0, 0.05) is 24.4 Å². The molecule has 0 bridgehead atoms. The number of aromatic nitrogens is 3. The molecule has 0 unspecified atom stereocenters. The summed E-state index contributed by atoms with van der Waals surface area (Å²) in [7, 11) is 0. The van der Waals surface area contributed by atoms with E-state index in [0.717, 1.165) is 10.7 Å². The van der Waals surface area contributed by atoms with E-state index in [1.807, 2.05) is 23.6 Å². The number of nitrogens with zero attached hydrogens (tertiary/aromatic N) is 4. The zero-order chi connectivity index (χ0) is 16.2. The molecule has 7 nitrogen and oxygen atoms in total. The average molecular weight is 330 g/mol. The maximum atomic E-state index is 10.8. The summed E-state index contributed by atoms with van der Waals surface area (Å²) in [6, 6.07) is 10.3. The first-order valence-corrected chi connectivity index (χ1v) is 8.01. The fourth-order valence-corrected chi connectivity index (χ4v) is 3.12. The van der Waals surface area contributed by atoms with Gasteiger partial charge in [-0.05, 0) is 24.6 Å². The molecule has 0 fully saturated rings. The summed E-state index contributed by atoms with van der Waals surface area (Å²) in [4.78, 5) is 10.4. The van der Waals surface area contributed by atoms with Gasteiger partial charge in [0.15, 0.2) is 16.7 Å². The molecule has 0 saturated carbocycles. The fourth-order valence-electron chi connectivity index (χ4n) is 2.18. The van der Waals surface area contributed by atoms with Crippen molar-refractivity contribution in [3.8, 4) is 11.6 Å². The van der Waals surface area contributed by atoms with Crippen molar-refractivity contribution >= 4 is 17.4 Å². The number of benzene rings is 1. The molecular formula is C15H14N4O3S. The molecule has 1 aromatic carbocycles. The number of furan rings is 1. The lowest BCUT2D eigenvalue weighted by molar-refractivity contribution is -0.384. The van der Waals surface area contributed by atoms with Crippen molar-refractivity contribution in [3.63, 3.8) is 0 Å². The SMILES string of the molecule is CCn1c(SCc2cccc([N+](=O)[O-])c2)nnc1-c1ccco1. The lowest BCUT2D eigenvalue weighted by atomic mass is 10.2. The van der Waals surface area contributed by atoms with Gasteiger partial charge in [-0.25, -0.2) is 0 Å². The zero-order valence-electron chi connectivity index (χ0n) is 12.4. The van der Waals surface area contributed by atoms with Crippen LogP contribution in [0, 0.1) is 10.1 Å². The third-order valence-corrected chi connectivity index (χ3v) is 4.30. The van der Waals surface area contributed by atoms with E-state index in [-0.39, 0.29) is 5.69 Å². The van der Waals surface area contributed by atoms with E-state index in [4.69, 9.17) is 4.42 Å². The van der Waals surface area contributed by atoms with Gasteiger partial charge < -0.3 is 4.42 Å². The summed E-state index contributed by atoms with van der Waals surface area (Å²) in [5.74, 6) is 1.93. The molecule has 0 aliphatic carbocycles. The molecule has 2 heterocycles. The van der Waals surface area contributed by atoms with E-state index >= 15 is 0 Å². The minimum atomic E-state index is -0.391. The maximum Gasteiger partial charge on any atom is 0.269 e. The fraction of sp³-hybridized carbons (Fsp3) is 0.200. The smallest absolute Gasteiger partial charge is 0.269 e. The van der Waals surface area contributed by atoms with Crippen LogP contribution < -0.4 is 0 Å². The van der Waals surface area contributed by atoms with Gasteiger partial charge in [0.05, 0.1) is 11.2 Å². The van der Waals surface area contributed by atoms with Crippen molar-refractivity contribution in [2.45, 2.75) is 24.4 Å². The van der Waals surface area contributed by atoms with E-state index in [2.05, 4.69) is 10.2 Å². The van der Waals surface area contributed by atoms with E-state index in [1.54, 1.807) is 24.5 Å². The largest absolute Gasteiger partial charge is 0.461 e. The molecule has 0 N–H and O–H groups in total. The Labute approximate surface area is 136 Å². The molecule has 0 amide bonds. The first-order valence-electron chi connectivity index (χ1n) is 7.02. The quantitative estimate of drug-likeness (QED) is 0.388. The number of hydrogen-bond donors (Lipinski definition) is 0. The number of nitro groups is 1. The van der Waals surface area contributed by atoms with E-state index in [1.165, 1.54) is 17.8 Å². The Bertz CT molecular complexity index is 814. The van der Waals surface area contributed by atoms with Crippen molar-refractivity contribution in [1.29, 1.82) is 0 Å². The number of thioether (sulfide) groups is 1. The summed E-state index contributed by atoms with van der Waals surface area (Å²) < 4.78 is 7.33. The van der Waals surface area contributed by atoms with Gasteiger partial charge in [-0.2, -0.15) is 0 Å². The van der Waals surface area contributed by atoms with Crippen molar-refractivity contribution in [2.75, 3.05) is 0 Å². The summed E-state index contributed by atoms with van der Waals surface area (Å²) in [5.41, 5.74) is 0.964. The Kier molecular flexibility index (Phi) is 4.42. The Morgan fingerprint density at radius 2 is 2.17 bits per heavy atom. The minimum Gasteiger partial charge on any atom is -0.461 e. The van der Waals surface area contributed by atoms with Crippen LogP contribution in [0.5, 0.6) is 0 Å². The monoisotopic (exact) mass is 330 g/mol. The third-order valence-electron chi connectivity index (χ3n) is 3.26. The van der Waals surface area contributed by atoms with Crippen LogP contribution in [0.25, 0.3) is 11.6 Å². The molecule has 0 aliphatic rings. The molecule has 3 aromatic rings. The molecule has 2 aromatic heterocycles. The summed E-state index contributed by atoms with van der Waals surface area (Å²) in [6.07, 6.45) is 1.60. The Hall–Kier alpha value is -2.61. The van der Waals surface area contributed by atoms with Gasteiger partial charge in [-0.1, -0.05) is 23.9 Å². The van der Waals surface area contributed by atoms with Gasteiger partial charge in [-0.15, -0.1) is 10.2 Å². The molecule has 0 aliphatic heterocycles. The maximum absolute atomic E-state index is 10.8. The van der Waals surface area contributed by atoms with Gasteiger partial charge in [-0.3, -0.25) is 14.7 Å². The van der Waals surface area contributed by atoms with Crippen LogP contribution in [-0.2, 0) is 12.3 Å². The predicted octanol–water partition coefficient (Wildman–Crippen LogP) is 3.76. The molecule has 8 heteroatoms. The number of nitro benzene ring substituents is 1. The van der Waals surface area contributed by atoms with Crippen LogP contribution in [0.3, 0.4) is 0 Å². The lowest BCUT2D eigenvalue weighted by Crippen LogP contribution is -1.99. The van der Waals surface area contributed by atoms with Crippen molar-refractivity contribution in [3.05, 3.63) is 58.3 Å². The Balaban J connectivity index is 1.79. The second kappa shape index (κ2) is 6.66. The predicted molar refractivity (Wildman–Crippen MR) is 86.1 cm³/mol. The second-order valence-corrected chi connectivity index (χ2v) is 5.69. The highest BCUT2D eigenvalue weighted by Crippen LogP contribution is 2.27. The lowest BCUT2D eigenvalue weighted by Gasteiger charge is -2.05. The molecule has 118 valence electrons. The van der Waals surface area contributed by atoms with Crippen molar-refractivity contribution < 1.29 is 9.34 Å². The molecule has 0 radical (unpaired) electrons. The molecule has 0 saturated heterocycles. The van der Waals surface area contributed by atoms with Crippen LogP contribution in [0.4, 0.5) is 5.69 Å². The standard InChI is InChI=1S/C15H14N4O3S/c1-2-18-14(13-7-4-8-22-13)16-17-15(18)23-10-11-5-3-6-12(9-11)19(20)21/h3-9H,2,10H2,1H3. The zero-order valence-corrected chi connectivity index (χ0v) is 13.2. The molecule has 3 rings (SSSR count). The first-order chi connectivity index (χ1) is 11.2. The molecule has 0 atom stereocenters. The van der Waals surface area contributed by atoms with Crippen LogP contribution in [-0.4, -0.2) is 19.7 Å². The van der Waals surface area contributed by atoms with Gasteiger partial charge in [0.2, 0.25) is 0 Å². The molecule has 0 spiro atoms. The van der Waals surface area contributed by atoms with Crippen LogP contribution in [0.1, 0.15) is 12.5 Å². The topological polar surface area (TPSA) is 87.0 Å². The number of rotatable bonds is 6. The van der Waals surface area contributed by atoms with Crippen LogP contribution >= 0.6 is 11.8 Å². The summed E-state index contributed by atoms with van der Waals surface area (Å²) >= 11 is 1.49. The second-order valence-electron chi connectivity index (χ2n) is 4.74. The van der Waals surface area contributed by atoms with Crippen LogP contribution in [0.15, 0.2) is 52.2 Å². The Morgan fingerprint density at radius 3 is 2.87 bits per heavy atom. The van der Waals surface area contributed by atoms with Crippen LogP contribution in [0.2, 0.25) is 0 Å². The minimum absolute atomic E-state index is 0.0938. The summed E-state index contributed by atoms with van der Waals surface area (Å²) in [5, 5.41) is 20.0. The highest BCUT2D eigenvalue weighted by Gasteiger charge is 2.15. The van der Waals surface area contributed by atoms with E-state index < -0.39 is 4.92 Å². The van der Waals surface area contributed by atoms with Crippen molar-refractivity contribution in [2.24, 2.45) is 0 Å². The van der Waals surface area contributed by atoms with Gasteiger partial charge in [0.25, 0.3) is 5.69 Å². The van der Waals surface area contributed by atoms with Crippen molar-refractivity contribution in [1.82, 2.24) is 14.8 Å². The average Bonchev–Trinajstić information content (AvgIpc) is 3.21. The van der Waals surface area contributed by atoms with E-state index in [9.17, 15) is 10.1 Å². The number of non-ortho nitro benzene ring substituents is 1. The first kappa shape index (κ1) is 15.3. The summed E-state index contributed by atoms with van der Waals surface area (Å²) in [6.45, 7) is 2.72. The van der Waals surface area contributed by atoms with Gasteiger partial charge in [0.1, 0.15) is 0 Å². The van der Waals surface area contributed by atoms with Gasteiger partial charge >= 0.3 is 0 Å². The third kappa shape index (κ3) is 3.26. The number of hydrogen-bond acceptors (Lipinski definition) is 6.